The van der Waals surface area contributed by atoms with Crippen molar-refractivity contribution in [3.8, 4) is 0 Å². The van der Waals surface area contributed by atoms with Gasteiger partial charge in [0.2, 0.25) is 0 Å². The van der Waals surface area contributed by atoms with Crippen molar-refractivity contribution in [1.82, 2.24) is 20.6 Å². The molecule has 0 bridgehead atoms. The van der Waals surface area contributed by atoms with Gasteiger partial charge in [0, 0.05) is 62.9 Å². The van der Waals surface area contributed by atoms with Gasteiger partial charge in [-0.1, -0.05) is 0 Å². The summed E-state index contributed by atoms with van der Waals surface area (Å²) in [5.41, 5.74) is 1.07. The number of rotatable bonds is 14. The summed E-state index contributed by atoms with van der Waals surface area (Å²) in [6.45, 7) is 4.77. The van der Waals surface area contributed by atoms with Gasteiger partial charge in [0.05, 0.1) is 6.61 Å². The fourth-order valence-corrected chi connectivity index (χ4v) is 5.29. The Morgan fingerprint density at radius 2 is 2.03 bits per heavy atom. The van der Waals surface area contributed by atoms with Gasteiger partial charge in [-0.25, -0.2) is 4.98 Å². The van der Waals surface area contributed by atoms with Crippen LogP contribution in [-0.4, -0.2) is 78.9 Å². The van der Waals surface area contributed by atoms with Crippen molar-refractivity contribution in [3.63, 3.8) is 0 Å². The van der Waals surface area contributed by atoms with Crippen LogP contribution in [0.25, 0.3) is 0 Å². The Bertz CT molecular complexity index is 916. The Kier molecular flexibility index (Phi) is 11.3. The van der Waals surface area contributed by atoms with Crippen LogP contribution in [0.5, 0.6) is 0 Å². The lowest BCUT2D eigenvalue weighted by atomic mass is 10.1. The highest BCUT2D eigenvalue weighted by atomic mass is 32.2. The predicted molar refractivity (Wildman–Crippen MR) is 140 cm³/mol. The van der Waals surface area contributed by atoms with Gasteiger partial charge in [-0.3, -0.25) is 15.1 Å². The van der Waals surface area contributed by atoms with Gasteiger partial charge in [0.1, 0.15) is 5.75 Å². The van der Waals surface area contributed by atoms with Crippen LogP contribution in [0.1, 0.15) is 29.7 Å². The number of hydrogen-bond acceptors (Lipinski definition) is 9. The molecule has 1 amide bonds. The first-order valence-corrected chi connectivity index (χ1v) is 13.7. The molecule has 186 valence electrons. The van der Waals surface area contributed by atoms with E-state index < -0.39 is 11.2 Å². The Labute approximate surface area is 208 Å². The summed E-state index contributed by atoms with van der Waals surface area (Å²) >= 11 is 0.600. The van der Waals surface area contributed by atoms with Crippen molar-refractivity contribution < 1.29 is 14.1 Å². The van der Waals surface area contributed by atoms with Crippen molar-refractivity contribution in [2.45, 2.75) is 30.7 Å². The van der Waals surface area contributed by atoms with E-state index in [2.05, 4.69) is 26.0 Å². The van der Waals surface area contributed by atoms with Crippen LogP contribution in [0.3, 0.4) is 0 Å². The third kappa shape index (κ3) is 8.33. The second-order valence-electron chi connectivity index (χ2n) is 7.92. The first-order valence-electron chi connectivity index (χ1n) is 11.5. The lowest BCUT2D eigenvalue weighted by molar-refractivity contribution is -0.110. The van der Waals surface area contributed by atoms with Crippen LogP contribution >= 0.6 is 11.3 Å². The minimum Gasteiger partial charge on any atom is -0.384 e. The zero-order valence-corrected chi connectivity index (χ0v) is 21.5. The molecule has 2 aromatic rings. The largest absolute Gasteiger partial charge is 0.384 e. The van der Waals surface area contributed by atoms with Gasteiger partial charge in [-0.05, 0) is 44.2 Å². The number of benzene rings is 1. The van der Waals surface area contributed by atoms with E-state index in [4.69, 9.17) is 4.74 Å². The molecule has 0 aliphatic carbocycles. The molecule has 1 atom stereocenters. The predicted octanol–water partition coefficient (Wildman–Crippen LogP) is 2.38. The van der Waals surface area contributed by atoms with E-state index in [9.17, 15) is 9.35 Å². The number of amides is 1. The number of likely N-dealkylation sites (N-methyl/N-ethyl adjacent to an activating group) is 1. The Balaban J connectivity index is 1.69. The molecule has 9 nitrogen and oxygen atoms in total. The number of methoxy groups -OCH3 is 1. The molecule has 1 aliphatic rings. The van der Waals surface area contributed by atoms with E-state index in [1.54, 1.807) is 13.3 Å². The van der Waals surface area contributed by atoms with Crippen molar-refractivity contribution in [3.05, 3.63) is 40.9 Å². The Morgan fingerprint density at radius 1 is 1.26 bits per heavy atom. The Hall–Kier alpha value is -2.02. The van der Waals surface area contributed by atoms with Gasteiger partial charge in [0.15, 0.2) is 26.9 Å². The van der Waals surface area contributed by atoms with Crippen molar-refractivity contribution in [1.29, 1.82) is 0 Å². The number of nitrogens with one attached hydrogen (secondary N) is 3. The number of nitrogens with zero attached hydrogens (tertiary/aromatic N) is 3. The third-order valence-corrected chi connectivity index (χ3v) is 7.65. The topological polar surface area (TPSA) is 111 Å². The maximum atomic E-state index is 13.2. The molecule has 1 saturated heterocycles. The lowest BCUT2D eigenvalue weighted by Gasteiger charge is -2.14. The minimum absolute atomic E-state index is 0.285. The minimum atomic E-state index is -0.853. The number of anilines is 1. The molecule has 1 aromatic heterocycles. The van der Waals surface area contributed by atoms with E-state index in [-0.39, 0.29) is 5.91 Å². The number of carbonyl (C=O) groups excluding carboxylic acids is 1. The smallest absolute Gasteiger partial charge is 0.278 e. The summed E-state index contributed by atoms with van der Waals surface area (Å²) in [4.78, 5) is 19.5. The van der Waals surface area contributed by atoms with Crippen LogP contribution in [-0.2, 0) is 27.3 Å². The summed E-state index contributed by atoms with van der Waals surface area (Å²) in [7, 11) is 3.58. The number of hydrogen-bond donors (Lipinski definition) is 4. The molecule has 0 saturated carbocycles. The maximum Gasteiger partial charge on any atom is 0.278 e. The summed E-state index contributed by atoms with van der Waals surface area (Å²) in [5.74, 6) is 0.366. The highest BCUT2D eigenvalue weighted by Gasteiger charge is 2.23. The van der Waals surface area contributed by atoms with E-state index >= 15 is 0 Å². The van der Waals surface area contributed by atoms with Gasteiger partial charge < -0.3 is 15.4 Å². The van der Waals surface area contributed by atoms with Crippen LogP contribution in [0.15, 0.2) is 40.5 Å². The Morgan fingerprint density at radius 3 is 2.74 bits per heavy atom. The van der Waals surface area contributed by atoms with Gasteiger partial charge in [0.25, 0.3) is 5.91 Å². The van der Waals surface area contributed by atoms with Gasteiger partial charge in [-0.15, -0.1) is 11.3 Å². The van der Waals surface area contributed by atoms with Crippen molar-refractivity contribution in [2.24, 2.45) is 5.10 Å². The summed E-state index contributed by atoms with van der Waals surface area (Å²) < 4.78 is 15.5. The van der Waals surface area contributed by atoms with Crippen LogP contribution in [0, 0.1) is 0 Å². The molecular weight excluding hydrogens is 472 g/mol. The molecule has 1 fully saturated rings. The first-order chi connectivity index (χ1) is 16.6. The molecule has 4 N–H and O–H groups in total. The number of ether oxygens (including phenoxy) is 1. The SMILES string of the molecule is CNCCNCc1cnc(NC(=O)/C(=N/N2CCCC2)c2ccc([S+](O)CCCOC)cc2)s1. The maximum absolute atomic E-state index is 13.2. The van der Waals surface area contributed by atoms with Gasteiger partial charge in [-0.2, -0.15) is 9.65 Å². The van der Waals surface area contributed by atoms with E-state index in [0.717, 1.165) is 55.2 Å². The number of thiazole rings is 1. The lowest BCUT2D eigenvalue weighted by Crippen LogP contribution is -2.27. The fraction of sp³-hybridized carbons (Fsp3) is 0.522. The van der Waals surface area contributed by atoms with Crippen LogP contribution < -0.4 is 16.0 Å². The number of carbonyl (C=O) groups is 1. The van der Waals surface area contributed by atoms with Gasteiger partial charge >= 0.3 is 0 Å². The van der Waals surface area contributed by atoms with Crippen LogP contribution in [0.4, 0.5) is 5.13 Å². The molecule has 2 heterocycles. The van der Waals surface area contributed by atoms with Crippen molar-refractivity contribution >= 4 is 39.3 Å². The first kappa shape index (κ1) is 26.6. The monoisotopic (exact) mass is 507 g/mol. The average Bonchev–Trinajstić information content (AvgIpc) is 3.52. The number of hydrazone groups is 1. The molecule has 34 heavy (non-hydrogen) atoms. The summed E-state index contributed by atoms with van der Waals surface area (Å²) in [6, 6.07) is 7.46. The second kappa shape index (κ2) is 14.4. The number of aromatic nitrogens is 1. The quantitative estimate of drug-likeness (QED) is 0.176. The molecular formula is C23H35N6O3S2+. The zero-order valence-electron chi connectivity index (χ0n) is 19.9. The molecule has 3 rings (SSSR count). The highest BCUT2D eigenvalue weighted by Crippen LogP contribution is 2.20. The molecule has 11 heteroatoms. The standard InChI is InChI=1S/C23H34N6O3S2/c1-24-10-11-25-16-19-17-26-23(33-19)27-22(30)21(28-29-12-3-4-13-29)18-6-8-20(9-7-18)34(31)15-5-14-32-2/h6-9,17,24-25,31H,3-5,10-16H2,1-2H3/p+1/b28-21+. The highest BCUT2D eigenvalue weighted by molar-refractivity contribution is 7.91. The molecule has 1 aliphatic heterocycles. The normalized spacial score (nSPS) is 15.0. The molecule has 1 unspecified atom stereocenters. The zero-order chi connectivity index (χ0) is 24.2. The third-order valence-electron chi connectivity index (χ3n) is 5.25. The average molecular weight is 508 g/mol. The van der Waals surface area contributed by atoms with Crippen molar-refractivity contribution in [2.75, 3.05) is 58.0 Å². The fourth-order valence-electron chi connectivity index (χ4n) is 3.43. The molecule has 0 radical (unpaired) electrons. The second-order valence-corrected chi connectivity index (χ2v) is 10.6. The molecule has 0 spiro atoms. The van der Waals surface area contributed by atoms with Crippen LogP contribution in [0.2, 0.25) is 0 Å². The molecule has 1 aromatic carbocycles. The summed E-state index contributed by atoms with van der Waals surface area (Å²) in [5, 5.41) is 16.5. The van der Waals surface area contributed by atoms with E-state index in [1.807, 2.05) is 36.3 Å². The summed E-state index contributed by atoms with van der Waals surface area (Å²) in [6.07, 6.45) is 4.72. The van der Waals surface area contributed by atoms with E-state index in [1.165, 1.54) is 11.3 Å². The van der Waals surface area contributed by atoms with E-state index in [0.29, 0.717) is 35.3 Å².